The third-order valence-corrected chi connectivity index (χ3v) is 2.85. The molecule has 2 N–H and O–H groups in total. The molecular formula is C15H17NO4. The highest BCUT2D eigenvalue weighted by molar-refractivity contribution is 5.91. The van der Waals surface area contributed by atoms with Crippen molar-refractivity contribution in [2.75, 3.05) is 6.54 Å². The van der Waals surface area contributed by atoms with E-state index >= 15 is 0 Å². The maximum atomic E-state index is 11.6. The average Bonchev–Trinajstić information content (AvgIpc) is 3.03. The second-order valence-electron chi connectivity index (χ2n) is 4.48. The first kappa shape index (κ1) is 14.1. The average molecular weight is 275 g/mol. The Balaban J connectivity index is 1.85. The zero-order valence-electron chi connectivity index (χ0n) is 11.4. The Morgan fingerprint density at radius 3 is 2.90 bits per heavy atom. The van der Waals surface area contributed by atoms with Gasteiger partial charge in [0.15, 0.2) is 0 Å². The first-order valence-corrected chi connectivity index (χ1v) is 6.30. The highest BCUT2D eigenvalue weighted by Crippen LogP contribution is 2.20. The molecule has 2 rings (SSSR count). The third kappa shape index (κ3) is 3.61. The van der Waals surface area contributed by atoms with E-state index in [9.17, 15) is 9.90 Å². The molecule has 106 valence electrons. The van der Waals surface area contributed by atoms with Gasteiger partial charge in [0.1, 0.15) is 17.3 Å². The molecule has 1 atom stereocenters. The van der Waals surface area contributed by atoms with E-state index < -0.39 is 6.10 Å². The molecule has 0 saturated heterocycles. The molecule has 1 amide bonds. The van der Waals surface area contributed by atoms with Crippen molar-refractivity contribution in [3.8, 4) is 0 Å². The van der Waals surface area contributed by atoms with Crippen LogP contribution in [0.5, 0.6) is 0 Å². The van der Waals surface area contributed by atoms with Crippen molar-refractivity contribution in [3.63, 3.8) is 0 Å². The molecule has 0 spiro atoms. The van der Waals surface area contributed by atoms with Gasteiger partial charge in [0.2, 0.25) is 5.91 Å². The fourth-order valence-corrected chi connectivity index (χ4v) is 1.89. The van der Waals surface area contributed by atoms with Crippen molar-refractivity contribution in [3.05, 3.63) is 53.4 Å². The van der Waals surface area contributed by atoms with Gasteiger partial charge in [-0.1, -0.05) is 0 Å². The minimum absolute atomic E-state index is 0.126. The summed E-state index contributed by atoms with van der Waals surface area (Å²) < 4.78 is 10.4. The molecule has 20 heavy (non-hydrogen) atoms. The number of aliphatic hydroxyl groups is 1. The van der Waals surface area contributed by atoms with Crippen LogP contribution in [0.4, 0.5) is 0 Å². The largest absolute Gasteiger partial charge is 0.466 e. The molecule has 5 heteroatoms. The van der Waals surface area contributed by atoms with Crippen LogP contribution in [0.1, 0.15) is 28.9 Å². The van der Waals surface area contributed by atoms with E-state index in [0.717, 1.165) is 5.76 Å². The molecule has 0 fully saturated rings. The number of rotatable bonds is 5. The Morgan fingerprint density at radius 1 is 1.50 bits per heavy atom. The van der Waals surface area contributed by atoms with Gasteiger partial charge in [0, 0.05) is 18.2 Å². The van der Waals surface area contributed by atoms with Gasteiger partial charge in [-0.15, -0.1) is 0 Å². The summed E-state index contributed by atoms with van der Waals surface area (Å²) in [6.45, 7) is 3.72. The zero-order valence-corrected chi connectivity index (χ0v) is 11.4. The van der Waals surface area contributed by atoms with E-state index in [4.69, 9.17) is 8.83 Å². The Kier molecular flexibility index (Phi) is 4.42. The number of aryl methyl sites for hydroxylation is 2. The first-order valence-electron chi connectivity index (χ1n) is 6.30. The van der Waals surface area contributed by atoms with Gasteiger partial charge < -0.3 is 19.3 Å². The lowest BCUT2D eigenvalue weighted by Gasteiger charge is -2.09. The quantitative estimate of drug-likeness (QED) is 0.821. The van der Waals surface area contributed by atoms with Crippen LogP contribution in [0.2, 0.25) is 0 Å². The predicted octanol–water partition coefficient (Wildman–Crippen LogP) is 2.35. The van der Waals surface area contributed by atoms with Crippen LogP contribution >= 0.6 is 0 Å². The fraction of sp³-hybridized carbons (Fsp3) is 0.267. The Bertz CT molecular complexity index is 595. The Morgan fingerprint density at radius 2 is 2.30 bits per heavy atom. The number of amides is 1. The second kappa shape index (κ2) is 6.25. The van der Waals surface area contributed by atoms with Gasteiger partial charge in [-0.25, -0.2) is 0 Å². The molecule has 0 aromatic carbocycles. The van der Waals surface area contributed by atoms with E-state index in [2.05, 4.69) is 5.32 Å². The summed E-state index contributed by atoms with van der Waals surface area (Å²) in [6.07, 6.45) is 3.67. The molecule has 2 aromatic heterocycles. The normalized spacial score (nSPS) is 12.8. The van der Waals surface area contributed by atoms with Gasteiger partial charge in [-0.3, -0.25) is 4.79 Å². The first-order chi connectivity index (χ1) is 9.56. The molecule has 1 unspecified atom stereocenters. The summed E-state index contributed by atoms with van der Waals surface area (Å²) in [7, 11) is 0. The highest BCUT2D eigenvalue weighted by Gasteiger charge is 2.14. The van der Waals surface area contributed by atoms with Gasteiger partial charge in [0.05, 0.1) is 12.4 Å². The number of nitrogens with one attached hydrogen (secondary N) is 1. The molecule has 0 aliphatic carbocycles. The van der Waals surface area contributed by atoms with Gasteiger partial charge in [0.25, 0.3) is 0 Å². The van der Waals surface area contributed by atoms with E-state index in [1.165, 1.54) is 12.3 Å². The number of carbonyl (C=O) groups excluding carboxylic acids is 1. The number of aliphatic hydroxyl groups excluding tert-OH is 1. The van der Waals surface area contributed by atoms with Crippen molar-refractivity contribution in [2.45, 2.75) is 20.0 Å². The third-order valence-electron chi connectivity index (χ3n) is 2.85. The van der Waals surface area contributed by atoms with E-state index in [-0.39, 0.29) is 12.5 Å². The van der Waals surface area contributed by atoms with Crippen LogP contribution in [0.3, 0.4) is 0 Å². The monoisotopic (exact) mass is 275 g/mol. The van der Waals surface area contributed by atoms with Gasteiger partial charge >= 0.3 is 0 Å². The van der Waals surface area contributed by atoms with Crippen LogP contribution < -0.4 is 5.32 Å². The van der Waals surface area contributed by atoms with Crippen molar-refractivity contribution in [1.29, 1.82) is 0 Å². The summed E-state index contributed by atoms with van der Waals surface area (Å²) in [5.74, 6) is 1.70. The summed E-state index contributed by atoms with van der Waals surface area (Å²) >= 11 is 0. The Hall–Kier alpha value is -2.27. The minimum Gasteiger partial charge on any atom is -0.466 e. The predicted molar refractivity (Wildman–Crippen MR) is 73.9 cm³/mol. The van der Waals surface area contributed by atoms with Crippen LogP contribution in [0, 0.1) is 13.8 Å². The summed E-state index contributed by atoms with van der Waals surface area (Å²) in [4.78, 5) is 11.6. The van der Waals surface area contributed by atoms with E-state index in [0.29, 0.717) is 17.1 Å². The van der Waals surface area contributed by atoms with Crippen LogP contribution in [-0.2, 0) is 4.79 Å². The SMILES string of the molecule is Cc1cc(C(O)CNC(=O)C=Cc2ccco2)c(C)o1. The maximum Gasteiger partial charge on any atom is 0.244 e. The van der Waals surface area contributed by atoms with Crippen molar-refractivity contribution >= 4 is 12.0 Å². The van der Waals surface area contributed by atoms with Crippen LogP contribution in [0.15, 0.2) is 39.4 Å². The van der Waals surface area contributed by atoms with E-state index in [1.807, 2.05) is 6.92 Å². The highest BCUT2D eigenvalue weighted by atomic mass is 16.3. The lowest BCUT2D eigenvalue weighted by Crippen LogP contribution is -2.26. The second-order valence-corrected chi connectivity index (χ2v) is 4.48. The topological polar surface area (TPSA) is 75.6 Å². The fourth-order valence-electron chi connectivity index (χ4n) is 1.89. The zero-order chi connectivity index (χ0) is 14.5. The van der Waals surface area contributed by atoms with Crippen LogP contribution in [-0.4, -0.2) is 17.6 Å². The molecule has 0 aliphatic heterocycles. The van der Waals surface area contributed by atoms with Crippen LogP contribution in [0.25, 0.3) is 6.08 Å². The number of hydrogen-bond acceptors (Lipinski definition) is 4. The molecular weight excluding hydrogens is 258 g/mol. The van der Waals surface area contributed by atoms with E-state index in [1.54, 1.807) is 31.2 Å². The minimum atomic E-state index is -0.784. The Labute approximate surface area is 116 Å². The lowest BCUT2D eigenvalue weighted by atomic mass is 10.1. The number of carbonyl (C=O) groups is 1. The molecule has 0 saturated carbocycles. The lowest BCUT2D eigenvalue weighted by molar-refractivity contribution is -0.116. The number of furan rings is 2. The number of hydrogen-bond donors (Lipinski definition) is 2. The maximum absolute atomic E-state index is 11.6. The summed E-state index contributed by atoms with van der Waals surface area (Å²) in [6, 6.07) is 5.26. The molecule has 2 heterocycles. The standard InChI is InChI=1S/C15H17NO4/c1-10-8-13(11(2)20-10)14(17)9-16-15(18)6-5-12-4-3-7-19-12/h3-8,14,17H,9H2,1-2H3,(H,16,18). The van der Waals surface area contributed by atoms with Crippen molar-refractivity contribution < 1.29 is 18.7 Å². The van der Waals surface area contributed by atoms with Crippen molar-refractivity contribution in [2.24, 2.45) is 0 Å². The smallest absolute Gasteiger partial charge is 0.244 e. The molecule has 0 aliphatic rings. The molecule has 2 aromatic rings. The summed E-state index contributed by atoms with van der Waals surface area (Å²) in [5.41, 5.74) is 0.692. The summed E-state index contributed by atoms with van der Waals surface area (Å²) in [5, 5.41) is 12.6. The molecule has 5 nitrogen and oxygen atoms in total. The van der Waals surface area contributed by atoms with Gasteiger partial charge in [-0.2, -0.15) is 0 Å². The molecule has 0 radical (unpaired) electrons. The molecule has 0 bridgehead atoms. The van der Waals surface area contributed by atoms with Gasteiger partial charge in [-0.05, 0) is 38.1 Å². The van der Waals surface area contributed by atoms with Crippen molar-refractivity contribution in [1.82, 2.24) is 5.32 Å².